The molecular formula is C23H29N2-. The van der Waals surface area contributed by atoms with Crippen molar-refractivity contribution in [2.45, 2.75) is 55.4 Å². The van der Waals surface area contributed by atoms with Gasteiger partial charge >= 0.3 is 0 Å². The van der Waals surface area contributed by atoms with Gasteiger partial charge < -0.3 is 5.32 Å². The Morgan fingerprint density at radius 3 is 1.68 bits per heavy atom. The predicted molar refractivity (Wildman–Crippen MR) is 111 cm³/mol. The summed E-state index contributed by atoms with van der Waals surface area (Å²) < 4.78 is 0. The minimum Gasteiger partial charge on any atom is -0.661 e. The number of allylic oxidation sites excluding steroid dienone is 2. The fourth-order valence-corrected chi connectivity index (χ4v) is 3.42. The van der Waals surface area contributed by atoms with E-state index in [0.29, 0.717) is 0 Å². The van der Waals surface area contributed by atoms with Crippen molar-refractivity contribution in [3.05, 3.63) is 74.7 Å². The van der Waals surface area contributed by atoms with Gasteiger partial charge in [0.2, 0.25) is 0 Å². The standard InChI is InChI=1S/C23H29N2/c1-14-9-16(3)22(17(4)10-14)24-20(7)13-21(8)25-23-18(5)11-15(2)12-19(23)6/h9-13H,1-8H3/q-1/b20-13-,25-21?. The Bertz CT molecular complexity index is 808. The zero-order valence-corrected chi connectivity index (χ0v) is 16.8. The fourth-order valence-electron chi connectivity index (χ4n) is 3.42. The van der Waals surface area contributed by atoms with Crippen LogP contribution in [0.3, 0.4) is 0 Å². The fraction of sp³-hybridized carbons (Fsp3) is 0.348. The first kappa shape index (κ1) is 19.0. The van der Waals surface area contributed by atoms with Crippen LogP contribution in [0.4, 0.5) is 11.4 Å². The molecule has 2 aromatic rings. The smallest absolute Gasteiger partial charge is 0.0691 e. The van der Waals surface area contributed by atoms with E-state index in [-0.39, 0.29) is 0 Å². The van der Waals surface area contributed by atoms with Gasteiger partial charge in [0.25, 0.3) is 0 Å². The third-order valence-corrected chi connectivity index (χ3v) is 4.26. The molecule has 0 atom stereocenters. The topological polar surface area (TPSA) is 26.5 Å². The first-order valence-corrected chi connectivity index (χ1v) is 8.78. The van der Waals surface area contributed by atoms with Crippen molar-refractivity contribution in [1.82, 2.24) is 0 Å². The van der Waals surface area contributed by atoms with Gasteiger partial charge in [-0.25, -0.2) is 0 Å². The maximum atomic E-state index is 4.82. The maximum Gasteiger partial charge on any atom is 0.0691 e. The molecule has 0 saturated heterocycles. The molecule has 0 unspecified atom stereocenters. The Morgan fingerprint density at radius 1 is 0.760 bits per heavy atom. The summed E-state index contributed by atoms with van der Waals surface area (Å²) in [6, 6.07) is 8.72. The van der Waals surface area contributed by atoms with Crippen LogP contribution in [0.15, 0.2) is 41.0 Å². The van der Waals surface area contributed by atoms with Crippen molar-refractivity contribution < 1.29 is 0 Å². The third kappa shape index (κ3) is 4.82. The van der Waals surface area contributed by atoms with Gasteiger partial charge in [-0.1, -0.05) is 59.5 Å². The van der Waals surface area contributed by atoms with Gasteiger partial charge in [-0.2, -0.15) is 5.70 Å². The van der Waals surface area contributed by atoms with E-state index in [0.717, 1.165) is 22.8 Å². The summed E-state index contributed by atoms with van der Waals surface area (Å²) in [5.74, 6) is 0. The zero-order valence-electron chi connectivity index (χ0n) is 16.8. The van der Waals surface area contributed by atoms with Crippen molar-refractivity contribution in [2.75, 3.05) is 0 Å². The summed E-state index contributed by atoms with van der Waals surface area (Å²) in [4.78, 5) is 4.82. The van der Waals surface area contributed by atoms with E-state index in [1.54, 1.807) is 0 Å². The maximum absolute atomic E-state index is 4.82. The van der Waals surface area contributed by atoms with Crippen LogP contribution >= 0.6 is 0 Å². The van der Waals surface area contributed by atoms with Crippen LogP contribution in [-0.2, 0) is 0 Å². The van der Waals surface area contributed by atoms with Crippen molar-refractivity contribution in [1.29, 1.82) is 0 Å². The summed E-state index contributed by atoms with van der Waals surface area (Å²) in [7, 11) is 0. The van der Waals surface area contributed by atoms with Crippen LogP contribution in [0.1, 0.15) is 47.2 Å². The lowest BCUT2D eigenvalue weighted by Gasteiger charge is -2.28. The van der Waals surface area contributed by atoms with Crippen LogP contribution in [0.2, 0.25) is 0 Å². The minimum atomic E-state index is 0.971. The summed E-state index contributed by atoms with van der Waals surface area (Å²) >= 11 is 0. The van der Waals surface area contributed by atoms with Crippen molar-refractivity contribution >= 4 is 17.1 Å². The van der Waals surface area contributed by atoms with Crippen LogP contribution in [0.5, 0.6) is 0 Å². The van der Waals surface area contributed by atoms with Gasteiger partial charge in [-0.15, -0.1) is 5.69 Å². The number of hydrogen-bond acceptors (Lipinski definition) is 1. The van der Waals surface area contributed by atoms with Crippen molar-refractivity contribution in [3.8, 4) is 0 Å². The molecule has 0 aliphatic rings. The number of nitrogens with zero attached hydrogens (tertiary/aromatic N) is 2. The summed E-state index contributed by atoms with van der Waals surface area (Å²) in [6.45, 7) is 16.8. The van der Waals surface area contributed by atoms with E-state index in [2.05, 4.69) is 71.9 Å². The Balaban J connectivity index is 2.28. The third-order valence-electron chi connectivity index (χ3n) is 4.26. The second kappa shape index (κ2) is 7.69. The molecule has 0 saturated carbocycles. The van der Waals surface area contributed by atoms with E-state index in [1.165, 1.54) is 33.4 Å². The molecule has 0 radical (unpaired) electrons. The molecule has 0 fully saturated rings. The van der Waals surface area contributed by atoms with Gasteiger partial charge in [0.1, 0.15) is 0 Å². The molecular weight excluding hydrogens is 304 g/mol. The molecule has 0 bridgehead atoms. The first-order chi connectivity index (χ1) is 11.7. The highest BCUT2D eigenvalue weighted by molar-refractivity contribution is 5.96. The van der Waals surface area contributed by atoms with Crippen LogP contribution < -0.4 is 0 Å². The van der Waals surface area contributed by atoms with Crippen molar-refractivity contribution in [3.63, 3.8) is 0 Å². The molecule has 2 nitrogen and oxygen atoms in total. The first-order valence-electron chi connectivity index (χ1n) is 8.78. The molecule has 0 N–H and O–H groups in total. The highest BCUT2D eigenvalue weighted by Gasteiger charge is 2.02. The lowest BCUT2D eigenvalue weighted by atomic mass is 10.0. The molecule has 0 aromatic heterocycles. The number of rotatable bonds is 4. The SMILES string of the molecule is CC(/C=C(/C)[N-]c1c(C)cc(C)cc1C)=Nc1c(C)cc(C)cc1C. The van der Waals surface area contributed by atoms with E-state index in [4.69, 9.17) is 10.3 Å². The van der Waals surface area contributed by atoms with E-state index >= 15 is 0 Å². The summed E-state index contributed by atoms with van der Waals surface area (Å²) in [6.07, 6.45) is 2.05. The monoisotopic (exact) mass is 333 g/mol. The summed E-state index contributed by atoms with van der Waals surface area (Å²) in [5.41, 5.74) is 11.5. The Hall–Kier alpha value is -2.35. The van der Waals surface area contributed by atoms with E-state index in [1.807, 2.05) is 13.8 Å². The molecule has 0 spiro atoms. The van der Waals surface area contributed by atoms with Crippen LogP contribution in [0.25, 0.3) is 5.32 Å². The zero-order chi connectivity index (χ0) is 18.7. The average Bonchev–Trinajstić information content (AvgIpc) is 2.46. The molecule has 0 heterocycles. The van der Waals surface area contributed by atoms with Gasteiger partial charge in [-0.3, -0.25) is 4.99 Å². The highest BCUT2D eigenvalue weighted by atomic mass is 14.9. The molecule has 0 amide bonds. The number of aryl methyl sites for hydroxylation is 6. The Labute approximate surface area is 152 Å². The Morgan fingerprint density at radius 2 is 1.20 bits per heavy atom. The molecule has 2 aromatic carbocycles. The second-order valence-corrected chi connectivity index (χ2v) is 7.15. The molecule has 0 aliphatic heterocycles. The van der Waals surface area contributed by atoms with Gasteiger partial charge in [0.15, 0.2) is 0 Å². The van der Waals surface area contributed by atoms with Gasteiger partial charge in [-0.05, 0) is 59.6 Å². The molecule has 0 aliphatic carbocycles. The number of aliphatic imine (C=N–C) groups is 1. The number of hydrogen-bond donors (Lipinski definition) is 0. The Kier molecular flexibility index (Phi) is 5.84. The number of benzene rings is 2. The van der Waals surface area contributed by atoms with Crippen molar-refractivity contribution in [2.24, 2.45) is 4.99 Å². The predicted octanol–water partition coefficient (Wildman–Crippen LogP) is 7.24. The summed E-state index contributed by atoms with van der Waals surface area (Å²) in [5, 5.41) is 4.82. The van der Waals surface area contributed by atoms with Gasteiger partial charge in [0, 0.05) is 5.71 Å². The normalized spacial score (nSPS) is 12.5. The molecule has 2 heteroatoms. The quantitative estimate of drug-likeness (QED) is 0.527. The largest absolute Gasteiger partial charge is 0.661 e. The second-order valence-electron chi connectivity index (χ2n) is 7.15. The minimum absolute atomic E-state index is 0.971. The molecule has 132 valence electrons. The van der Waals surface area contributed by atoms with Crippen LogP contribution in [0, 0.1) is 41.5 Å². The lowest BCUT2D eigenvalue weighted by molar-refractivity contribution is 1.28. The molecule has 25 heavy (non-hydrogen) atoms. The average molecular weight is 333 g/mol. The van der Waals surface area contributed by atoms with Crippen LogP contribution in [-0.4, -0.2) is 5.71 Å². The van der Waals surface area contributed by atoms with E-state index < -0.39 is 0 Å². The lowest BCUT2D eigenvalue weighted by Crippen LogP contribution is -1.91. The molecule has 2 rings (SSSR count). The van der Waals surface area contributed by atoms with Gasteiger partial charge in [0.05, 0.1) is 5.69 Å². The highest BCUT2D eigenvalue weighted by Crippen LogP contribution is 2.32. The van der Waals surface area contributed by atoms with E-state index in [9.17, 15) is 0 Å².